The van der Waals surface area contributed by atoms with E-state index < -0.39 is 0 Å². The second kappa shape index (κ2) is 5.79. The molecule has 1 unspecified atom stereocenters. The molecule has 3 heteroatoms. The molecule has 0 N–H and O–H groups in total. The zero-order valence-corrected chi connectivity index (χ0v) is 12.8. The number of rotatable bonds is 3. The standard InChI is InChI=1S/C15H23NOS/c1-11(15(2,3)4)16(5)14(17)10-12-6-8-13(18)9-7-12/h6-9,11,18H,10H2,1-5H3. The normalized spacial score (nSPS) is 13.2. The first-order valence-electron chi connectivity index (χ1n) is 6.25. The Kier molecular flexibility index (Phi) is 4.85. The molecule has 0 bridgehead atoms. The first-order chi connectivity index (χ1) is 8.21. The van der Waals surface area contributed by atoms with Crippen molar-refractivity contribution in [3.05, 3.63) is 29.8 Å². The smallest absolute Gasteiger partial charge is 0.226 e. The summed E-state index contributed by atoms with van der Waals surface area (Å²) in [6.45, 7) is 8.54. The van der Waals surface area contributed by atoms with Crippen LogP contribution < -0.4 is 0 Å². The molecular formula is C15H23NOS. The molecule has 0 fully saturated rings. The second-order valence-electron chi connectivity index (χ2n) is 5.89. The van der Waals surface area contributed by atoms with Crippen LogP contribution >= 0.6 is 12.6 Å². The number of nitrogens with zero attached hydrogens (tertiary/aromatic N) is 1. The third-order valence-electron chi connectivity index (χ3n) is 3.52. The van der Waals surface area contributed by atoms with Crippen molar-refractivity contribution in [1.82, 2.24) is 4.90 Å². The molecule has 0 radical (unpaired) electrons. The molecule has 2 nitrogen and oxygen atoms in total. The molecule has 0 saturated heterocycles. The number of hydrogen-bond donors (Lipinski definition) is 1. The lowest BCUT2D eigenvalue weighted by Gasteiger charge is -2.35. The van der Waals surface area contributed by atoms with E-state index in [2.05, 4.69) is 40.3 Å². The molecule has 1 aromatic rings. The van der Waals surface area contributed by atoms with Crippen molar-refractivity contribution in [1.29, 1.82) is 0 Å². The van der Waals surface area contributed by atoms with Gasteiger partial charge in [0.25, 0.3) is 0 Å². The molecule has 1 aromatic carbocycles. The van der Waals surface area contributed by atoms with Gasteiger partial charge in [0.1, 0.15) is 0 Å². The fourth-order valence-electron chi connectivity index (χ4n) is 1.71. The SMILES string of the molecule is CC(N(C)C(=O)Cc1ccc(S)cc1)C(C)(C)C. The van der Waals surface area contributed by atoms with Gasteiger partial charge in [0.2, 0.25) is 5.91 Å². The van der Waals surface area contributed by atoms with Crippen LogP contribution in [0.5, 0.6) is 0 Å². The second-order valence-corrected chi connectivity index (χ2v) is 6.41. The highest BCUT2D eigenvalue weighted by atomic mass is 32.1. The fourth-order valence-corrected chi connectivity index (χ4v) is 1.86. The van der Waals surface area contributed by atoms with Crippen LogP contribution in [0.15, 0.2) is 29.2 Å². The van der Waals surface area contributed by atoms with Gasteiger partial charge in [-0.25, -0.2) is 0 Å². The first kappa shape index (κ1) is 15.1. The Morgan fingerprint density at radius 2 is 1.78 bits per heavy atom. The quantitative estimate of drug-likeness (QED) is 0.830. The monoisotopic (exact) mass is 265 g/mol. The molecule has 0 aliphatic carbocycles. The molecule has 0 saturated carbocycles. The summed E-state index contributed by atoms with van der Waals surface area (Å²) in [7, 11) is 1.88. The third-order valence-corrected chi connectivity index (χ3v) is 3.82. The number of carbonyl (C=O) groups excluding carboxylic acids is 1. The highest BCUT2D eigenvalue weighted by Gasteiger charge is 2.26. The van der Waals surface area contributed by atoms with Crippen molar-refractivity contribution in [3.8, 4) is 0 Å². The molecule has 0 heterocycles. The van der Waals surface area contributed by atoms with Crippen LogP contribution in [0.1, 0.15) is 33.3 Å². The summed E-state index contributed by atoms with van der Waals surface area (Å²) in [5, 5.41) is 0. The number of thiol groups is 1. The van der Waals surface area contributed by atoms with Crippen LogP contribution in [0.2, 0.25) is 0 Å². The van der Waals surface area contributed by atoms with Crippen molar-refractivity contribution in [3.63, 3.8) is 0 Å². The zero-order chi connectivity index (χ0) is 13.9. The Morgan fingerprint density at radius 1 is 1.28 bits per heavy atom. The minimum Gasteiger partial charge on any atom is -0.342 e. The van der Waals surface area contributed by atoms with E-state index in [4.69, 9.17) is 0 Å². The van der Waals surface area contributed by atoms with E-state index >= 15 is 0 Å². The topological polar surface area (TPSA) is 20.3 Å². The molecule has 0 spiro atoms. The molecule has 1 atom stereocenters. The predicted octanol–water partition coefficient (Wildman–Crippen LogP) is 3.41. The molecular weight excluding hydrogens is 242 g/mol. The number of benzene rings is 1. The lowest BCUT2D eigenvalue weighted by atomic mass is 9.87. The average molecular weight is 265 g/mol. The Hall–Kier alpha value is -0.960. The maximum Gasteiger partial charge on any atom is 0.226 e. The maximum absolute atomic E-state index is 12.2. The predicted molar refractivity (Wildman–Crippen MR) is 79.1 cm³/mol. The van der Waals surface area contributed by atoms with Gasteiger partial charge in [-0.15, -0.1) is 12.6 Å². The summed E-state index contributed by atoms with van der Waals surface area (Å²) in [4.78, 5) is 15.0. The Labute approximate surface area is 116 Å². The summed E-state index contributed by atoms with van der Waals surface area (Å²) < 4.78 is 0. The Bertz CT molecular complexity index is 405. The van der Waals surface area contributed by atoms with Gasteiger partial charge >= 0.3 is 0 Å². The fraction of sp³-hybridized carbons (Fsp3) is 0.533. The number of amides is 1. The van der Waals surface area contributed by atoms with Gasteiger partial charge in [-0.1, -0.05) is 32.9 Å². The van der Waals surface area contributed by atoms with E-state index in [-0.39, 0.29) is 17.4 Å². The summed E-state index contributed by atoms with van der Waals surface area (Å²) in [5.74, 6) is 0.157. The van der Waals surface area contributed by atoms with Crippen molar-refractivity contribution in [2.75, 3.05) is 7.05 Å². The summed E-state index contributed by atoms with van der Waals surface area (Å²) in [6.07, 6.45) is 0.449. The number of carbonyl (C=O) groups is 1. The van der Waals surface area contributed by atoms with E-state index in [1.165, 1.54) is 0 Å². The molecule has 100 valence electrons. The van der Waals surface area contributed by atoms with E-state index in [9.17, 15) is 4.79 Å². The van der Waals surface area contributed by atoms with Crippen molar-refractivity contribution in [2.45, 2.75) is 45.1 Å². The maximum atomic E-state index is 12.2. The number of likely N-dealkylation sites (N-methyl/N-ethyl adjacent to an activating group) is 1. The minimum absolute atomic E-state index is 0.0966. The summed E-state index contributed by atoms with van der Waals surface area (Å²) >= 11 is 4.24. The van der Waals surface area contributed by atoms with E-state index in [0.29, 0.717) is 6.42 Å². The lowest BCUT2D eigenvalue weighted by Crippen LogP contribution is -2.43. The van der Waals surface area contributed by atoms with Gasteiger partial charge in [0.15, 0.2) is 0 Å². The molecule has 0 aliphatic heterocycles. The third kappa shape index (κ3) is 4.05. The average Bonchev–Trinajstić information content (AvgIpc) is 2.29. The molecule has 0 aromatic heterocycles. The van der Waals surface area contributed by atoms with Crippen molar-refractivity contribution < 1.29 is 4.79 Å². The van der Waals surface area contributed by atoms with Gasteiger partial charge < -0.3 is 4.90 Å². The van der Waals surface area contributed by atoms with Crippen LogP contribution in [0.25, 0.3) is 0 Å². The first-order valence-corrected chi connectivity index (χ1v) is 6.70. The van der Waals surface area contributed by atoms with Crippen LogP contribution in [-0.2, 0) is 11.2 Å². The van der Waals surface area contributed by atoms with Crippen molar-refractivity contribution >= 4 is 18.5 Å². The lowest BCUT2D eigenvalue weighted by molar-refractivity contribution is -0.132. The Balaban J connectivity index is 2.68. The largest absolute Gasteiger partial charge is 0.342 e. The van der Waals surface area contributed by atoms with E-state index in [1.54, 1.807) is 0 Å². The molecule has 1 rings (SSSR count). The van der Waals surface area contributed by atoms with Crippen LogP contribution in [0.3, 0.4) is 0 Å². The van der Waals surface area contributed by atoms with Crippen LogP contribution in [0, 0.1) is 5.41 Å². The van der Waals surface area contributed by atoms with Gasteiger partial charge in [-0.3, -0.25) is 4.79 Å². The molecule has 0 aliphatic rings. The molecule has 18 heavy (non-hydrogen) atoms. The highest BCUT2D eigenvalue weighted by Crippen LogP contribution is 2.23. The van der Waals surface area contributed by atoms with Crippen molar-refractivity contribution in [2.24, 2.45) is 5.41 Å². The van der Waals surface area contributed by atoms with Gasteiger partial charge in [0.05, 0.1) is 6.42 Å². The zero-order valence-electron chi connectivity index (χ0n) is 11.9. The summed E-state index contributed by atoms with van der Waals surface area (Å²) in [6, 6.07) is 7.96. The number of hydrogen-bond acceptors (Lipinski definition) is 2. The van der Waals surface area contributed by atoms with Gasteiger partial charge in [-0.2, -0.15) is 0 Å². The van der Waals surface area contributed by atoms with Crippen LogP contribution in [0.4, 0.5) is 0 Å². The highest BCUT2D eigenvalue weighted by molar-refractivity contribution is 7.80. The minimum atomic E-state index is 0.0966. The van der Waals surface area contributed by atoms with E-state index in [1.807, 2.05) is 36.2 Å². The summed E-state index contributed by atoms with van der Waals surface area (Å²) in [5.41, 5.74) is 1.13. The van der Waals surface area contributed by atoms with E-state index in [0.717, 1.165) is 10.5 Å². The van der Waals surface area contributed by atoms with Gasteiger partial charge in [0, 0.05) is 18.0 Å². The molecule has 1 amide bonds. The Morgan fingerprint density at radius 3 is 2.22 bits per heavy atom. The van der Waals surface area contributed by atoms with Crippen LogP contribution in [-0.4, -0.2) is 23.9 Å². The van der Waals surface area contributed by atoms with Gasteiger partial charge in [-0.05, 0) is 30.0 Å².